The van der Waals surface area contributed by atoms with Crippen LogP contribution in [0.15, 0.2) is 42.5 Å². The fourth-order valence-corrected chi connectivity index (χ4v) is 8.87. The van der Waals surface area contributed by atoms with E-state index in [9.17, 15) is 29.7 Å². The first-order valence-electron chi connectivity index (χ1n) is 15.8. The number of nitrogens with zero attached hydrogens (tertiary/aromatic N) is 1. The number of thiol groups is 1. The fraction of sp³-hybridized carbons (Fsp3) is 0.559. The normalized spacial score (nSPS) is 25.0. The topological polar surface area (TPSA) is 159 Å². The summed E-state index contributed by atoms with van der Waals surface area (Å²) in [6.45, 7) is 6.38. The van der Waals surface area contributed by atoms with E-state index in [0.717, 1.165) is 40.7 Å². The van der Waals surface area contributed by atoms with Crippen LogP contribution in [0, 0.1) is 6.92 Å². The molecule has 11 heteroatoms. The van der Waals surface area contributed by atoms with Gasteiger partial charge < -0.3 is 36.0 Å². The lowest BCUT2D eigenvalue weighted by molar-refractivity contribution is -0.141. The van der Waals surface area contributed by atoms with Crippen molar-refractivity contribution in [3.63, 3.8) is 0 Å². The molecule has 2 aliphatic heterocycles. The zero-order valence-electron chi connectivity index (χ0n) is 26.7. The molecule has 2 heterocycles. The summed E-state index contributed by atoms with van der Waals surface area (Å²) in [6, 6.07) is 14.4. The minimum absolute atomic E-state index is 0.160. The number of benzene rings is 2. The molecule has 45 heavy (non-hydrogen) atoms. The van der Waals surface area contributed by atoms with Crippen molar-refractivity contribution in [2.75, 3.05) is 25.1 Å². The zero-order chi connectivity index (χ0) is 32.9. The Hall–Kier alpha value is -3.12. The maximum Gasteiger partial charge on any atom is 0.404 e. The highest BCUT2D eigenvalue weighted by Gasteiger charge is 2.40. The smallest absolute Gasteiger partial charge is 0.404 e. The summed E-state index contributed by atoms with van der Waals surface area (Å²) >= 11 is 0. The first-order valence-corrected chi connectivity index (χ1v) is 17.8. The van der Waals surface area contributed by atoms with Crippen LogP contribution in [0.25, 0.3) is 0 Å². The quantitative estimate of drug-likeness (QED) is 0.196. The van der Waals surface area contributed by atoms with Crippen LogP contribution in [-0.2, 0) is 22.4 Å². The molecule has 2 aliphatic rings. The maximum absolute atomic E-state index is 13.1. The Morgan fingerprint density at radius 1 is 0.978 bits per heavy atom. The molecular formula is C34H49N3O7S. The third-order valence-electron chi connectivity index (χ3n) is 9.12. The van der Waals surface area contributed by atoms with Crippen molar-refractivity contribution in [1.82, 2.24) is 15.5 Å². The van der Waals surface area contributed by atoms with Crippen molar-refractivity contribution >= 4 is 28.8 Å². The standard InChI is InChI=1S/C34H49N3O7S/c1-21-8-13-24(31-30(41)29(40)27(38)20-45(31)4)19-25(21)18-23-11-9-22(10-12-23)6-5-7-28(39)36-34(2,3)32(42)37-16-14-26(15-17-37)35-33(43)44/h8-13,19,26-27,29-31,35,38,40-41,45H,5-7,14-18,20H2,1-4H3,(H,36,39)(H,43,44)/t27-,29-,30-,31+/m1/s1. The lowest BCUT2D eigenvalue weighted by Crippen LogP contribution is -2.58. The second-order valence-corrected chi connectivity index (χ2v) is 15.6. The van der Waals surface area contributed by atoms with E-state index in [1.807, 2.05) is 6.07 Å². The van der Waals surface area contributed by atoms with Crippen LogP contribution < -0.4 is 10.6 Å². The van der Waals surface area contributed by atoms with Gasteiger partial charge in [-0.15, -0.1) is 0 Å². The molecular weight excluding hydrogens is 594 g/mol. The van der Waals surface area contributed by atoms with Crippen LogP contribution in [0.3, 0.4) is 0 Å². The van der Waals surface area contributed by atoms with Gasteiger partial charge in [0.25, 0.3) is 0 Å². The van der Waals surface area contributed by atoms with Gasteiger partial charge in [0.15, 0.2) is 0 Å². The lowest BCUT2D eigenvalue weighted by Gasteiger charge is -2.42. The SMILES string of the molecule is Cc1ccc([C@H]2[C@H](O)[C@H](O)[C@H](O)C[SH]2C)cc1Cc1ccc(CCCC(=O)NC(C)(C)C(=O)N2CCC(NC(=O)O)CC2)cc1. The van der Waals surface area contributed by atoms with Gasteiger partial charge in [-0.1, -0.05) is 42.5 Å². The number of aliphatic hydroxyl groups excluding tert-OH is 3. The summed E-state index contributed by atoms with van der Waals surface area (Å²) in [6.07, 6.45) is 1.51. The number of nitrogens with one attached hydrogen (secondary N) is 2. The van der Waals surface area contributed by atoms with Gasteiger partial charge in [0.05, 0.1) is 12.2 Å². The minimum atomic E-state index is -1.13. The fourth-order valence-electron chi connectivity index (χ4n) is 6.47. The molecule has 10 nitrogen and oxygen atoms in total. The van der Waals surface area contributed by atoms with Crippen LogP contribution in [0.2, 0.25) is 0 Å². The molecule has 0 radical (unpaired) electrons. The number of aryl methyl sites for hydroxylation is 2. The van der Waals surface area contributed by atoms with E-state index in [1.54, 1.807) is 18.7 Å². The molecule has 0 aromatic heterocycles. The van der Waals surface area contributed by atoms with E-state index in [1.165, 1.54) is 0 Å². The zero-order valence-corrected chi connectivity index (χ0v) is 27.6. The summed E-state index contributed by atoms with van der Waals surface area (Å²) < 4.78 is 0. The third kappa shape index (κ3) is 9.00. The van der Waals surface area contributed by atoms with E-state index >= 15 is 0 Å². The molecule has 0 aliphatic carbocycles. The molecule has 5 atom stereocenters. The highest BCUT2D eigenvalue weighted by Crippen LogP contribution is 2.48. The van der Waals surface area contributed by atoms with Gasteiger partial charge in [0.2, 0.25) is 11.8 Å². The Bertz CT molecular complexity index is 1340. The van der Waals surface area contributed by atoms with Crippen molar-refractivity contribution in [1.29, 1.82) is 0 Å². The molecule has 2 aromatic rings. The monoisotopic (exact) mass is 643 g/mol. The Morgan fingerprint density at radius 3 is 2.27 bits per heavy atom. The van der Waals surface area contributed by atoms with Gasteiger partial charge >= 0.3 is 6.09 Å². The van der Waals surface area contributed by atoms with Gasteiger partial charge in [-0.05, 0) is 86.9 Å². The van der Waals surface area contributed by atoms with Crippen molar-refractivity contribution < 1.29 is 34.8 Å². The summed E-state index contributed by atoms with van der Waals surface area (Å²) in [5.74, 6) is 0.168. The van der Waals surface area contributed by atoms with E-state index in [4.69, 9.17) is 5.11 Å². The van der Waals surface area contributed by atoms with Gasteiger partial charge in [-0.2, -0.15) is 0 Å². The number of carbonyl (C=O) groups is 3. The van der Waals surface area contributed by atoms with E-state index in [2.05, 4.69) is 60.2 Å². The van der Waals surface area contributed by atoms with Crippen molar-refractivity contribution in [2.24, 2.45) is 0 Å². The van der Waals surface area contributed by atoms with Gasteiger partial charge in [-0.3, -0.25) is 9.59 Å². The van der Waals surface area contributed by atoms with Gasteiger partial charge in [-0.25, -0.2) is 15.7 Å². The van der Waals surface area contributed by atoms with E-state index in [0.29, 0.717) is 44.5 Å². The summed E-state index contributed by atoms with van der Waals surface area (Å²) in [4.78, 5) is 38.3. The maximum atomic E-state index is 13.1. The third-order valence-corrected chi connectivity index (χ3v) is 11.6. The molecule has 0 bridgehead atoms. The number of amides is 3. The van der Waals surface area contributed by atoms with Crippen molar-refractivity contribution in [2.45, 2.75) is 94.4 Å². The summed E-state index contributed by atoms with van der Waals surface area (Å²) in [5, 5.41) is 45.2. The average Bonchev–Trinajstić information content (AvgIpc) is 2.98. The molecule has 0 saturated carbocycles. The number of rotatable bonds is 10. The van der Waals surface area contributed by atoms with E-state index < -0.39 is 40.8 Å². The Kier molecular flexibility index (Phi) is 11.6. The van der Waals surface area contributed by atoms with Crippen LogP contribution in [0.4, 0.5) is 4.79 Å². The Labute approximate surface area is 268 Å². The predicted molar refractivity (Wildman–Crippen MR) is 177 cm³/mol. The number of likely N-dealkylation sites (tertiary alicyclic amines) is 1. The molecule has 3 amide bonds. The van der Waals surface area contributed by atoms with Crippen LogP contribution in [0.5, 0.6) is 0 Å². The predicted octanol–water partition coefficient (Wildman–Crippen LogP) is 2.83. The van der Waals surface area contributed by atoms with Crippen LogP contribution in [0.1, 0.15) is 72.6 Å². The number of hydrogen-bond acceptors (Lipinski definition) is 6. The number of carbonyl (C=O) groups excluding carboxylic acids is 2. The first-order chi connectivity index (χ1) is 21.2. The second kappa shape index (κ2) is 15.0. The van der Waals surface area contributed by atoms with Gasteiger partial charge in [0.1, 0.15) is 11.6 Å². The van der Waals surface area contributed by atoms with Crippen molar-refractivity contribution in [3.8, 4) is 0 Å². The highest BCUT2D eigenvalue weighted by atomic mass is 32.2. The first kappa shape index (κ1) is 34.7. The Balaban J connectivity index is 1.25. The van der Waals surface area contributed by atoms with Crippen molar-refractivity contribution in [3.05, 3.63) is 70.3 Å². The number of piperidine rings is 1. The lowest BCUT2D eigenvalue weighted by atomic mass is 9.93. The second-order valence-electron chi connectivity index (χ2n) is 13.2. The molecule has 2 aromatic carbocycles. The molecule has 6 N–H and O–H groups in total. The molecule has 1 unspecified atom stereocenters. The summed E-state index contributed by atoms with van der Waals surface area (Å²) in [5.41, 5.74) is 4.54. The average molecular weight is 644 g/mol. The number of aliphatic hydroxyl groups is 3. The number of carboxylic acid groups (broad SMARTS) is 1. The van der Waals surface area contributed by atoms with Crippen LogP contribution in [-0.4, -0.2) is 98.2 Å². The molecule has 4 rings (SSSR count). The highest BCUT2D eigenvalue weighted by molar-refractivity contribution is 8.16. The molecule has 0 spiro atoms. The summed E-state index contributed by atoms with van der Waals surface area (Å²) in [7, 11) is -0.678. The number of hydrogen-bond donors (Lipinski definition) is 7. The minimum Gasteiger partial charge on any atom is -0.465 e. The molecule has 248 valence electrons. The molecule has 2 fully saturated rings. The van der Waals surface area contributed by atoms with Gasteiger partial charge in [0, 0.05) is 36.6 Å². The largest absolute Gasteiger partial charge is 0.465 e. The Morgan fingerprint density at radius 2 is 1.62 bits per heavy atom. The van der Waals surface area contributed by atoms with Crippen LogP contribution >= 0.6 is 10.9 Å². The molecule has 2 saturated heterocycles. The van der Waals surface area contributed by atoms with E-state index in [-0.39, 0.29) is 23.1 Å².